The van der Waals surface area contributed by atoms with Crippen LogP contribution in [0.2, 0.25) is 0 Å². The Morgan fingerprint density at radius 2 is 2.00 bits per heavy atom. The maximum Gasteiger partial charge on any atom is 0.303 e. The number of aromatic amines is 1. The Morgan fingerprint density at radius 1 is 1.29 bits per heavy atom. The Hall–Kier alpha value is -2.30. The summed E-state index contributed by atoms with van der Waals surface area (Å²) in [4.78, 5) is 26.0. The predicted octanol–water partition coefficient (Wildman–Crippen LogP) is 2.85. The summed E-state index contributed by atoms with van der Waals surface area (Å²) >= 11 is 0. The van der Waals surface area contributed by atoms with Crippen molar-refractivity contribution in [2.75, 3.05) is 0 Å². The number of nitrogens with one attached hydrogen (secondary N) is 2. The minimum absolute atomic E-state index is 0.0270. The SMILES string of the molecule is Cc1ccc2cc(C(=O)NC(C)(C)CCC(=O)O)[nH]c2c1. The number of aliphatic carboxylic acids is 1. The number of aryl methyl sites for hydroxylation is 1. The molecule has 1 aromatic carbocycles. The number of hydrogen-bond acceptors (Lipinski definition) is 2. The van der Waals surface area contributed by atoms with Crippen LogP contribution in [0.5, 0.6) is 0 Å². The first-order valence-electron chi connectivity index (χ1n) is 6.90. The van der Waals surface area contributed by atoms with Crippen LogP contribution in [0.3, 0.4) is 0 Å². The molecule has 1 amide bonds. The molecule has 0 aliphatic heterocycles. The fraction of sp³-hybridized carbons (Fsp3) is 0.375. The number of carboxylic acids is 1. The monoisotopic (exact) mass is 288 g/mol. The molecule has 0 saturated heterocycles. The van der Waals surface area contributed by atoms with Gasteiger partial charge in [-0.15, -0.1) is 0 Å². The molecule has 0 saturated carbocycles. The van der Waals surface area contributed by atoms with Gasteiger partial charge in [0.15, 0.2) is 0 Å². The second-order valence-electron chi connectivity index (χ2n) is 6.01. The topological polar surface area (TPSA) is 82.2 Å². The first-order chi connectivity index (χ1) is 9.77. The highest BCUT2D eigenvalue weighted by Crippen LogP contribution is 2.18. The fourth-order valence-electron chi connectivity index (χ4n) is 2.22. The van der Waals surface area contributed by atoms with Gasteiger partial charge in [-0.2, -0.15) is 0 Å². The summed E-state index contributed by atoms with van der Waals surface area (Å²) in [7, 11) is 0. The van der Waals surface area contributed by atoms with Gasteiger partial charge in [0.1, 0.15) is 5.69 Å². The van der Waals surface area contributed by atoms with Crippen LogP contribution in [-0.2, 0) is 4.79 Å². The van der Waals surface area contributed by atoms with Crippen LogP contribution in [0.1, 0.15) is 42.7 Å². The van der Waals surface area contributed by atoms with E-state index in [2.05, 4.69) is 10.3 Å². The zero-order valence-electron chi connectivity index (χ0n) is 12.5. The summed E-state index contributed by atoms with van der Waals surface area (Å²) in [6, 6.07) is 7.75. The van der Waals surface area contributed by atoms with Gasteiger partial charge in [0.05, 0.1) is 0 Å². The Bertz CT molecular complexity index is 686. The molecule has 2 rings (SSSR count). The van der Waals surface area contributed by atoms with Gasteiger partial charge in [-0.3, -0.25) is 9.59 Å². The molecule has 0 bridgehead atoms. The van der Waals surface area contributed by atoms with Crippen molar-refractivity contribution >= 4 is 22.8 Å². The number of aromatic nitrogens is 1. The summed E-state index contributed by atoms with van der Waals surface area (Å²) in [5.41, 5.74) is 1.96. The minimum atomic E-state index is -0.863. The summed E-state index contributed by atoms with van der Waals surface area (Å²) in [6.45, 7) is 5.64. The molecular formula is C16H20N2O3. The van der Waals surface area contributed by atoms with E-state index in [1.807, 2.05) is 39.0 Å². The zero-order chi connectivity index (χ0) is 15.6. The van der Waals surface area contributed by atoms with Crippen LogP contribution >= 0.6 is 0 Å². The van der Waals surface area contributed by atoms with Crippen LogP contribution in [0.15, 0.2) is 24.3 Å². The van der Waals surface area contributed by atoms with E-state index in [9.17, 15) is 9.59 Å². The van der Waals surface area contributed by atoms with E-state index in [-0.39, 0.29) is 12.3 Å². The van der Waals surface area contributed by atoms with E-state index in [0.717, 1.165) is 16.5 Å². The molecule has 0 spiro atoms. The first kappa shape index (κ1) is 15.1. The summed E-state index contributed by atoms with van der Waals surface area (Å²) in [6.07, 6.45) is 0.409. The van der Waals surface area contributed by atoms with Crippen LogP contribution in [0.4, 0.5) is 0 Å². The van der Waals surface area contributed by atoms with Gasteiger partial charge in [0.25, 0.3) is 5.91 Å². The lowest BCUT2D eigenvalue weighted by Crippen LogP contribution is -2.43. The van der Waals surface area contributed by atoms with E-state index >= 15 is 0 Å². The number of hydrogen-bond donors (Lipinski definition) is 3. The van der Waals surface area contributed by atoms with Gasteiger partial charge in [-0.25, -0.2) is 0 Å². The Kier molecular flexibility index (Phi) is 4.02. The molecule has 0 radical (unpaired) electrons. The maximum atomic E-state index is 12.3. The second-order valence-corrected chi connectivity index (χ2v) is 6.01. The standard InChI is InChI=1S/C16H20N2O3/c1-10-4-5-11-9-13(17-12(11)8-10)15(21)18-16(2,3)7-6-14(19)20/h4-5,8-9,17H,6-7H2,1-3H3,(H,18,21)(H,19,20). The zero-order valence-corrected chi connectivity index (χ0v) is 12.5. The summed E-state index contributed by atoms with van der Waals surface area (Å²) < 4.78 is 0. The van der Waals surface area contributed by atoms with Crippen LogP contribution < -0.4 is 5.32 Å². The average Bonchev–Trinajstić information content (AvgIpc) is 2.79. The first-order valence-corrected chi connectivity index (χ1v) is 6.90. The van der Waals surface area contributed by atoms with Gasteiger partial charge in [0, 0.05) is 22.9 Å². The van der Waals surface area contributed by atoms with Crippen molar-refractivity contribution in [2.24, 2.45) is 0 Å². The molecular weight excluding hydrogens is 268 g/mol. The van der Waals surface area contributed by atoms with E-state index in [1.165, 1.54) is 0 Å². The number of carbonyl (C=O) groups excluding carboxylic acids is 1. The number of rotatable bonds is 5. The molecule has 5 heteroatoms. The van der Waals surface area contributed by atoms with E-state index < -0.39 is 11.5 Å². The largest absolute Gasteiger partial charge is 0.481 e. The van der Waals surface area contributed by atoms with E-state index in [4.69, 9.17) is 5.11 Å². The van der Waals surface area contributed by atoms with Crippen molar-refractivity contribution in [3.05, 3.63) is 35.5 Å². The van der Waals surface area contributed by atoms with E-state index in [1.54, 1.807) is 6.07 Å². The van der Waals surface area contributed by atoms with Crippen molar-refractivity contribution in [1.82, 2.24) is 10.3 Å². The summed E-state index contributed by atoms with van der Waals surface area (Å²) in [5.74, 6) is -1.09. The Morgan fingerprint density at radius 3 is 2.67 bits per heavy atom. The van der Waals surface area contributed by atoms with Gasteiger partial charge in [-0.05, 0) is 44.9 Å². The molecule has 0 aliphatic rings. The third kappa shape index (κ3) is 3.84. The van der Waals surface area contributed by atoms with E-state index in [0.29, 0.717) is 12.1 Å². The lowest BCUT2D eigenvalue weighted by Gasteiger charge is -2.25. The molecule has 1 aromatic heterocycles. The van der Waals surface area contributed by atoms with Crippen LogP contribution in [0, 0.1) is 6.92 Å². The Labute approximate surface area is 123 Å². The van der Waals surface area contributed by atoms with Crippen molar-refractivity contribution < 1.29 is 14.7 Å². The number of carbonyl (C=O) groups is 2. The number of H-pyrrole nitrogens is 1. The van der Waals surface area contributed by atoms with Crippen molar-refractivity contribution in [2.45, 2.75) is 39.2 Å². The molecule has 1 heterocycles. The molecule has 21 heavy (non-hydrogen) atoms. The van der Waals surface area contributed by atoms with Gasteiger partial charge >= 0.3 is 5.97 Å². The molecule has 5 nitrogen and oxygen atoms in total. The molecule has 0 aliphatic carbocycles. The molecule has 2 aromatic rings. The van der Waals surface area contributed by atoms with Gasteiger partial charge < -0.3 is 15.4 Å². The number of carboxylic acid groups (broad SMARTS) is 1. The lowest BCUT2D eigenvalue weighted by molar-refractivity contribution is -0.137. The molecule has 0 atom stereocenters. The molecule has 112 valence electrons. The normalized spacial score (nSPS) is 11.6. The highest BCUT2D eigenvalue weighted by Gasteiger charge is 2.23. The average molecular weight is 288 g/mol. The fourth-order valence-corrected chi connectivity index (χ4v) is 2.22. The van der Waals surface area contributed by atoms with Gasteiger partial charge in [-0.1, -0.05) is 12.1 Å². The van der Waals surface area contributed by atoms with Gasteiger partial charge in [0.2, 0.25) is 0 Å². The number of benzene rings is 1. The second kappa shape index (κ2) is 5.60. The highest BCUT2D eigenvalue weighted by molar-refractivity contribution is 5.98. The lowest BCUT2D eigenvalue weighted by atomic mass is 9.98. The van der Waals surface area contributed by atoms with Crippen molar-refractivity contribution in [3.8, 4) is 0 Å². The predicted molar refractivity (Wildman–Crippen MR) is 81.5 cm³/mol. The quantitative estimate of drug-likeness (QED) is 0.791. The van der Waals surface area contributed by atoms with Crippen molar-refractivity contribution in [3.63, 3.8) is 0 Å². The summed E-state index contributed by atoms with van der Waals surface area (Å²) in [5, 5.41) is 12.6. The van der Waals surface area contributed by atoms with Crippen molar-refractivity contribution in [1.29, 1.82) is 0 Å². The minimum Gasteiger partial charge on any atom is -0.481 e. The third-order valence-electron chi connectivity index (χ3n) is 3.44. The van der Waals surface area contributed by atoms with Crippen LogP contribution in [0.25, 0.3) is 10.9 Å². The smallest absolute Gasteiger partial charge is 0.303 e. The number of fused-ring (bicyclic) bond motifs is 1. The molecule has 0 unspecified atom stereocenters. The molecule has 0 fully saturated rings. The maximum absolute atomic E-state index is 12.3. The highest BCUT2D eigenvalue weighted by atomic mass is 16.4. The Balaban J connectivity index is 2.12. The molecule has 3 N–H and O–H groups in total. The number of amides is 1. The third-order valence-corrected chi connectivity index (χ3v) is 3.44. The van der Waals surface area contributed by atoms with Crippen LogP contribution in [-0.4, -0.2) is 27.5 Å².